The minimum atomic E-state index is -1.02. The van der Waals surface area contributed by atoms with E-state index in [4.69, 9.17) is 27.1 Å². The second-order valence-electron chi connectivity index (χ2n) is 10.5. The van der Waals surface area contributed by atoms with Gasteiger partial charge in [-0.15, -0.1) is 0 Å². The van der Waals surface area contributed by atoms with Crippen LogP contribution in [0.1, 0.15) is 57.6 Å². The molecule has 3 atom stereocenters. The van der Waals surface area contributed by atoms with E-state index in [0.717, 1.165) is 11.1 Å². The molecule has 0 spiro atoms. The predicted octanol–water partition coefficient (Wildman–Crippen LogP) is 4.38. The van der Waals surface area contributed by atoms with Gasteiger partial charge in [0.2, 0.25) is 5.91 Å². The van der Waals surface area contributed by atoms with Crippen LogP contribution in [0.4, 0.5) is 4.79 Å². The van der Waals surface area contributed by atoms with E-state index in [1.54, 1.807) is 17.0 Å². The molecule has 0 bridgehead atoms. The van der Waals surface area contributed by atoms with Gasteiger partial charge in [0, 0.05) is 24.0 Å². The zero-order valence-electron chi connectivity index (χ0n) is 23.7. The number of hydrogen-bond donors (Lipinski definition) is 3. The van der Waals surface area contributed by atoms with Crippen molar-refractivity contribution >= 4 is 35.5 Å². The Hall–Kier alpha value is -3.59. The molecule has 2 aromatic carbocycles. The Morgan fingerprint density at radius 2 is 1.77 bits per heavy atom. The van der Waals surface area contributed by atoms with Gasteiger partial charge in [0.25, 0.3) is 5.91 Å². The van der Waals surface area contributed by atoms with Crippen LogP contribution in [0.25, 0.3) is 0 Å². The van der Waals surface area contributed by atoms with Crippen LogP contribution < -0.4 is 16.4 Å². The molecule has 0 fully saturated rings. The average Bonchev–Trinajstić information content (AvgIpc) is 3.17. The van der Waals surface area contributed by atoms with Gasteiger partial charge in [-0.05, 0) is 54.9 Å². The number of alkyl carbamates (subject to hydrolysis) is 1. The van der Waals surface area contributed by atoms with Gasteiger partial charge in [0.05, 0.1) is 7.11 Å². The van der Waals surface area contributed by atoms with E-state index in [0.29, 0.717) is 37.3 Å². The maximum Gasteiger partial charge on any atom is 0.407 e. The summed E-state index contributed by atoms with van der Waals surface area (Å²) < 4.78 is 4.72. The maximum atomic E-state index is 13.7. The first kappa shape index (κ1) is 30.9. The molecule has 0 aliphatic carbocycles. The van der Waals surface area contributed by atoms with Gasteiger partial charge in [-0.25, -0.2) is 9.79 Å². The highest BCUT2D eigenvalue weighted by Crippen LogP contribution is 2.38. The molecule has 0 radical (unpaired) electrons. The monoisotopic (exact) mass is 569 g/mol. The molecule has 10 heteroatoms. The largest absolute Gasteiger partial charge is 0.453 e. The first-order valence-corrected chi connectivity index (χ1v) is 14.1. The molecular weight excluding hydrogens is 530 g/mol. The number of methoxy groups -OCH3 is 1. The van der Waals surface area contributed by atoms with Crippen molar-refractivity contribution in [1.82, 2.24) is 15.5 Å². The van der Waals surface area contributed by atoms with Gasteiger partial charge in [-0.1, -0.05) is 74.8 Å². The molecule has 4 N–H and O–H groups in total. The summed E-state index contributed by atoms with van der Waals surface area (Å²) in [5, 5.41) is 6.25. The van der Waals surface area contributed by atoms with Crippen LogP contribution in [0.5, 0.6) is 0 Å². The van der Waals surface area contributed by atoms with Gasteiger partial charge in [-0.3, -0.25) is 14.5 Å². The lowest BCUT2D eigenvalue weighted by molar-refractivity contribution is -0.132. The summed E-state index contributed by atoms with van der Waals surface area (Å²) in [7, 11) is 1.25. The number of halogens is 1. The highest BCUT2D eigenvalue weighted by atomic mass is 35.5. The van der Waals surface area contributed by atoms with E-state index >= 15 is 0 Å². The lowest BCUT2D eigenvalue weighted by Crippen LogP contribution is -2.50. The molecule has 216 valence electrons. The van der Waals surface area contributed by atoms with Crippen molar-refractivity contribution in [2.24, 2.45) is 16.6 Å². The van der Waals surface area contributed by atoms with E-state index in [-0.39, 0.29) is 36.2 Å². The number of guanidine groups is 1. The number of hydrogen-bond acceptors (Lipinski definition) is 6. The van der Waals surface area contributed by atoms with Crippen LogP contribution in [0, 0.1) is 5.92 Å². The minimum absolute atomic E-state index is 0.118. The topological polar surface area (TPSA) is 126 Å². The third-order valence-corrected chi connectivity index (χ3v) is 7.31. The van der Waals surface area contributed by atoms with E-state index in [2.05, 4.69) is 24.5 Å². The summed E-state index contributed by atoms with van der Waals surface area (Å²) in [6.45, 7) is 6.50. The summed E-state index contributed by atoms with van der Waals surface area (Å²) in [5.74, 6) is 0.0227. The first-order chi connectivity index (χ1) is 19.1. The quantitative estimate of drug-likeness (QED) is 0.330. The maximum absolute atomic E-state index is 13.7. The lowest BCUT2D eigenvalue weighted by atomic mass is 9.82. The highest BCUT2D eigenvalue weighted by molar-refractivity contribution is 6.30. The molecule has 1 aliphatic rings. The van der Waals surface area contributed by atoms with E-state index in [1.807, 2.05) is 49.4 Å². The van der Waals surface area contributed by atoms with Crippen LogP contribution in [-0.2, 0) is 26.3 Å². The van der Waals surface area contributed by atoms with E-state index < -0.39 is 17.7 Å². The fraction of sp³-hybridized carbons (Fsp3) is 0.467. The number of nitrogens with zero attached hydrogens (tertiary/aromatic N) is 2. The standard InChI is InChI=1S/C30H40ClN5O4/c1-5-24(33-26(37)25(34-29(39)40-4)18-21-13-15-23(31)16-14-21)12-9-17-36-27(38)30(19-20(2)3,35-28(36)32)22-10-7-6-8-11-22/h6-8,10-11,13-16,20,24-25H,5,9,12,17-19H2,1-4H3,(H2,32,35)(H,33,37)(H,34,39)/t24?,25-,30?/m0/s1. The summed E-state index contributed by atoms with van der Waals surface area (Å²) >= 11 is 5.98. The summed E-state index contributed by atoms with van der Waals surface area (Å²) in [4.78, 5) is 45.1. The smallest absolute Gasteiger partial charge is 0.407 e. The average molecular weight is 570 g/mol. The third-order valence-electron chi connectivity index (χ3n) is 7.06. The van der Waals surface area contributed by atoms with Crippen molar-refractivity contribution in [2.75, 3.05) is 13.7 Å². The van der Waals surface area contributed by atoms with Crippen molar-refractivity contribution < 1.29 is 19.1 Å². The third kappa shape index (κ3) is 7.75. The summed E-state index contributed by atoms with van der Waals surface area (Å²) in [6.07, 6.45) is 2.06. The number of amides is 3. The van der Waals surface area contributed by atoms with Gasteiger partial charge >= 0.3 is 6.09 Å². The lowest BCUT2D eigenvalue weighted by Gasteiger charge is -2.28. The molecule has 2 aromatic rings. The molecule has 1 aliphatic heterocycles. The van der Waals surface area contributed by atoms with Crippen molar-refractivity contribution in [3.05, 3.63) is 70.7 Å². The van der Waals surface area contributed by atoms with Gasteiger partial charge in [-0.2, -0.15) is 0 Å². The second-order valence-corrected chi connectivity index (χ2v) is 11.0. The zero-order valence-corrected chi connectivity index (χ0v) is 24.4. The molecule has 9 nitrogen and oxygen atoms in total. The molecule has 1 heterocycles. The molecule has 3 rings (SSSR count). The number of ether oxygens (including phenoxy) is 1. The van der Waals surface area contributed by atoms with Crippen molar-refractivity contribution in [1.29, 1.82) is 0 Å². The number of aliphatic imine (C=N–C) groups is 1. The first-order valence-electron chi connectivity index (χ1n) is 13.7. The number of rotatable bonds is 13. The summed E-state index contributed by atoms with van der Waals surface area (Å²) in [5.41, 5.74) is 6.96. The number of carbonyl (C=O) groups is 3. The van der Waals surface area contributed by atoms with Crippen LogP contribution in [0.15, 0.2) is 59.6 Å². The van der Waals surface area contributed by atoms with Crippen LogP contribution in [0.2, 0.25) is 5.02 Å². The molecule has 40 heavy (non-hydrogen) atoms. The number of carbonyl (C=O) groups excluding carboxylic acids is 3. The molecular formula is C30H40ClN5O4. The Bertz CT molecular complexity index is 1190. The molecule has 3 amide bonds. The Morgan fingerprint density at radius 3 is 2.38 bits per heavy atom. The fourth-order valence-electron chi connectivity index (χ4n) is 5.03. The highest BCUT2D eigenvalue weighted by Gasteiger charge is 2.49. The van der Waals surface area contributed by atoms with Gasteiger partial charge in [0.1, 0.15) is 6.04 Å². The number of benzene rings is 2. The number of nitrogens with one attached hydrogen (secondary N) is 2. The van der Waals surface area contributed by atoms with Gasteiger partial charge in [0.15, 0.2) is 11.5 Å². The fourth-order valence-corrected chi connectivity index (χ4v) is 5.16. The number of nitrogens with two attached hydrogens (primary N) is 1. The van der Waals surface area contributed by atoms with E-state index in [1.165, 1.54) is 7.11 Å². The van der Waals surface area contributed by atoms with E-state index in [9.17, 15) is 14.4 Å². The Balaban J connectivity index is 1.63. The van der Waals surface area contributed by atoms with Gasteiger partial charge < -0.3 is 21.1 Å². The van der Waals surface area contributed by atoms with Crippen LogP contribution >= 0.6 is 11.6 Å². The van der Waals surface area contributed by atoms with Crippen molar-refractivity contribution in [3.63, 3.8) is 0 Å². The second kappa shape index (κ2) is 14.2. The normalized spacial score (nSPS) is 18.3. The molecule has 0 saturated heterocycles. The Morgan fingerprint density at radius 1 is 1.10 bits per heavy atom. The molecule has 0 aromatic heterocycles. The zero-order chi connectivity index (χ0) is 29.3. The minimum Gasteiger partial charge on any atom is -0.453 e. The Labute approximate surface area is 241 Å². The van der Waals surface area contributed by atoms with Crippen molar-refractivity contribution in [2.45, 2.75) is 70.5 Å². The molecule has 0 saturated carbocycles. The van der Waals surface area contributed by atoms with Crippen LogP contribution in [0.3, 0.4) is 0 Å². The SMILES string of the molecule is CCC(CCCN1C(=O)C(CC(C)C)(c2ccccc2)N=C1N)NC(=O)[C@H](Cc1ccc(Cl)cc1)NC(=O)OC. The summed E-state index contributed by atoms with van der Waals surface area (Å²) in [6, 6.07) is 15.7. The molecule has 2 unspecified atom stereocenters. The van der Waals surface area contributed by atoms with Crippen molar-refractivity contribution in [3.8, 4) is 0 Å². The Kier molecular flexibility index (Phi) is 11.0. The van der Waals surface area contributed by atoms with Crippen LogP contribution in [-0.4, -0.2) is 54.5 Å². The predicted molar refractivity (Wildman–Crippen MR) is 157 cm³/mol.